The summed E-state index contributed by atoms with van der Waals surface area (Å²) in [4.78, 5) is 11.2. The Balaban J connectivity index is 1.45. The monoisotopic (exact) mass is 445 g/mol. The van der Waals surface area contributed by atoms with E-state index in [1.807, 2.05) is 24.3 Å². The molecule has 2 aromatic rings. The molecule has 1 aliphatic heterocycles. The average molecular weight is 446 g/mol. The van der Waals surface area contributed by atoms with Gasteiger partial charge in [-0.05, 0) is 42.7 Å². The highest BCUT2D eigenvalue weighted by molar-refractivity contribution is 6.29. The van der Waals surface area contributed by atoms with Crippen molar-refractivity contribution in [1.82, 2.24) is 20.5 Å². The van der Waals surface area contributed by atoms with E-state index in [9.17, 15) is 0 Å². The summed E-state index contributed by atoms with van der Waals surface area (Å²) in [6.07, 6.45) is 2.65. The number of aliphatic imine (C=N–C) groups is 1. The van der Waals surface area contributed by atoms with Crippen LogP contribution in [-0.2, 0) is 17.7 Å². The molecule has 168 valence electrons. The van der Waals surface area contributed by atoms with E-state index in [4.69, 9.17) is 26.1 Å². The molecule has 2 N–H and O–H groups in total. The number of hydrogen-bond donors (Lipinski definition) is 2. The molecule has 1 aromatic heterocycles. The van der Waals surface area contributed by atoms with Gasteiger partial charge in [0.15, 0.2) is 5.96 Å². The van der Waals surface area contributed by atoms with Gasteiger partial charge in [-0.25, -0.2) is 9.98 Å². The van der Waals surface area contributed by atoms with Gasteiger partial charge in [-0.3, -0.25) is 4.90 Å². The minimum Gasteiger partial charge on any atom is -0.492 e. The second-order valence-corrected chi connectivity index (χ2v) is 7.70. The van der Waals surface area contributed by atoms with E-state index in [0.29, 0.717) is 18.3 Å². The number of pyridine rings is 1. The molecule has 0 amide bonds. The summed E-state index contributed by atoms with van der Waals surface area (Å²) in [5.41, 5.74) is 2.25. The van der Waals surface area contributed by atoms with Crippen LogP contribution >= 0.6 is 11.6 Å². The van der Waals surface area contributed by atoms with E-state index in [1.165, 1.54) is 0 Å². The summed E-state index contributed by atoms with van der Waals surface area (Å²) in [6, 6.07) is 11.9. The van der Waals surface area contributed by atoms with Crippen molar-refractivity contribution < 1.29 is 9.47 Å². The highest BCUT2D eigenvalue weighted by Crippen LogP contribution is 2.14. The Kier molecular flexibility index (Phi) is 9.89. The summed E-state index contributed by atoms with van der Waals surface area (Å²) in [7, 11) is 0. The third kappa shape index (κ3) is 8.73. The Morgan fingerprint density at radius 2 is 2.06 bits per heavy atom. The van der Waals surface area contributed by atoms with Gasteiger partial charge in [0, 0.05) is 38.9 Å². The molecule has 31 heavy (non-hydrogen) atoms. The minimum atomic E-state index is 0.513. The van der Waals surface area contributed by atoms with Crippen molar-refractivity contribution in [2.75, 3.05) is 52.5 Å². The summed E-state index contributed by atoms with van der Waals surface area (Å²) in [5.74, 6) is 1.68. The Hall–Kier alpha value is -2.35. The van der Waals surface area contributed by atoms with Gasteiger partial charge in [0.25, 0.3) is 0 Å². The smallest absolute Gasteiger partial charge is 0.191 e. The number of nitrogens with one attached hydrogen (secondary N) is 2. The fourth-order valence-corrected chi connectivity index (χ4v) is 3.35. The Labute approximate surface area is 189 Å². The van der Waals surface area contributed by atoms with Crippen LogP contribution in [0.4, 0.5) is 0 Å². The third-order valence-corrected chi connectivity index (χ3v) is 5.16. The lowest BCUT2D eigenvalue weighted by molar-refractivity contribution is 0.0322. The summed E-state index contributed by atoms with van der Waals surface area (Å²) in [6.45, 7) is 9.39. The fraction of sp³-hybridized carbons (Fsp3) is 0.478. The first-order valence-corrected chi connectivity index (χ1v) is 11.2. The zero-order valence-electron chi connectivity index (χ0n) is 18.1. The first kappa shape index (κ1) is 23.3. The highest BCUT2D eigenvalue weighted by Gasteiger charge is 2.09. The molecule has 0 radical (unpaired) electrons. The molecule has 0 spiro atoms. The molecule has 8 heteroatoms. The summed E-state index contributed by atoms with van der Waals surface area (Å²) < 4.78 is 11.3. The molecule has 2 heterocycles. The van der Waals surface area contributed by atoms with Gasteiger partial charge in [0.05, 0.1) is 19.8 Å². The van der Waals surface area contributed by atoms with Crippen LogP contribution in [0.1, 0.15) is 18.1 Å². The first-order chi connectivity index (χ1) is 15.2. The van der Waals surface area contributed by atoms with Crippen LogP contribution in [0.25, 0.3) is 0 Å². The summed E-state index contributed by atoms with van der Waals surface area (Å²) in [5, 5.41) is 7.17. The van der Waals surface area contributed by atoms with E-state index >= 15 is 0 Å². The standard InChI is InChI=1S/C23H32ClN5O2/c1-2-25-23(26-9-8-19-6-7-22(24)27-17-19)28-18-20-4-3-5-21(16-20)31-15-12-29-10-13-30-14-11-29/h3-7,16-17H,2,8-15,18H2,1H3,(H2,25,26,28). The lowest BCUT2D eigenvalue weighted by atomic mass is 10.2. The zero-order chi connectivity index (χ0) is 21.7. The number of benzene rings is 1. The third-order valence-electron chi connectivity index (χ3n) is 4.94. The van der Waals surface area contributed by atoms with Crippen molar-refractivity contribution >= 4 is 17.6 Å². The second-order valence-electron chi connectivity index (χ2n) is 7.31. The molecule has 1 aromatic carbocycles. The van der Waals surface area contributed by atoms with E-state index in [1.54, 1.807) is 6.20 Å². The second kappa shape index (κ2) is 13.1. The van der Waals surface area contributed by atoms with Crippen LogP contribution in [0, 0.1) is 0 Å². The number of morpholine rings is 1. The molecule has 0 atom stereocenters. The van der Waals surface area contributed by atoms with Crippen LogP contribution in [0.3, 0.4) is 0 Å². The maximum atomic E-state index is 5.95. The molecular weight excluding hydrogens is 414 g/mol. The fourth-order valence-electron chi connectivity index (χ4n) is 3.24. The van der Waals surface area contributed by atoms with Crippen molar-refractivity contribution in [3.8, 4) is 5.75 Å². The number of halogens is 1. The quantitative estimate of drug-likeness (QED) is 0.333. The molecule has 7 nitrogen and oxygen atoms in total. The molecule has 1 saturated heterocycles. The molecule has 0 saturated carbocycles. The highest BCUT2D eigenvalue weighted by atomic mass is 35.5. The van der Waals surface area contributed by atoms with Crippen LogP contribution in [0.2, 0.25) is 5.15 Å². The van der Waals surface area contributed by atoms with Gasteiger partial charge in [-0.2, -0.15) is 0 Å². The number of ether oxygens (including phenoxy) is 2. The Morgan fingerprint density at radius 1 is 1.19 bits per heavy atom. The normalized spacial score (nSPS) is 15.0. The molecule has 0 aliphatic carbocycles. The molecule has 0 unspecified atom stereocenters. The zero-order valence-corrected chi connectivity index (χ0v) is 18.9. The van der Waals surface area contributed by atoms with Crippen molar-refractivity contribution in [3.05, 3.63) is 58.9 Å². The predicted molar refractivity (Wildman–Crippen MR) is 125 cm³/mol. The van der Waals surface area contributed by atoms with Crippen molar-refractivity contribution in [1.29, 1.82) is 0 Å². The Morgan fingerprint density at radius 3 is 2.84 bits per heavy atom. The largest absolute Gasteiger partial charge is 0.492 e. The van der Waals surface area contributed by atoms with Crippen LogP contribution in [0.15, 0.2) is 47.6 Å². The van der Waals surface area contributed by atoms with E-state index < -0.39 is 0 Å². The van der Waals surface area contributed by atoms with Crippen molar-refractivity contribution in [2.24, 2.45) is 4.99 Å². The van der Waals surface area contributed by atoms with E-state index in [0.717, 1.165) is 75.2 Å². The van der Waals surface area contributed by atoms with Gasteiger partial charge in [-0.1, -0.05) is 29.8 Å². The van der Waals surface area contributed by atoms with Crippen molar-refractivity contribution in [3.63, 3.8) is 0 Å². The summed E-state index contributed by atoms with van der Waals surface area (Å²) >= 11 is 5.84. The number of rotatable bonds is 10. The molecular formula is C23H32ClN5O2. The maximum absolute atomic E-state index is 5.95. The van der Waals surface area contributed by atoms with E-state index in [-0.39, 0.29) is 0 Å². The van der Waals surface area contributed by atoms with Crippen LogP contribution in [0.5, 0.6) is 5.75 Å². The lowest BCUT2D eigenvalue weighted by Crippen LogP contribution is -2.38. The molecule has 0 bridgehead atoms. The van der Waals surface area contributed by atoms with Crippen LogP contribution in [-0.4, -0.2) is 68.4 Å². The van der Waals surface area contributed by atoms with E-state index in [2.05, 4.69) is 39.6 Å². The van der Waals surface area contributed by atoms with Gasteiger partial charge in [-0.15, -0.1) is 0 Å². The van der Waals surface area contributed by atoms with Crippen LogP contribution < -0.4 is 15.4 Å². The first-order valence-electron chi connectivity index (χ1n) is 10.9. The topological polar surface area (TPSA) is 71.0 Å². The number of nitrogens with zero attached hydrogens (tertiary/aromatic N) is 3. The Bertz CT molecular complexity index is 810. The molecule has 1 aliphatic rings. The maximum Gasteiger partial charge on any atom is 0.191 e. The molecule has 3 rings (SSSR count). The number of aromatic nitrogens is 1. The van der Waals surface area contributed by atoms with Gasteiger partial charge in [0.2, 0.25) is 0 Å². The SMILES string of the molecule is CCNC(=NCc1cccc(OCCN2CCOCC2)c1)NCCc1ccc(Cl)nc1. The number of guanidine groups is 1. The molecule has 1 fully saturated rings. The average Bonchev–Trinajstić information content (AvgIpc) is 2.80. The lowest BCUT2D eigenvalue weighted by Gasteiger charge is -2.26. The van der Waals surface area contributed by atoms with Gasteiger partial charge >= 0.3 is 0 Å². The van der Waals surface area contributed by atoms with Gasteiger partial charge < -0.3 is 20.1 Å². The van der Waals surface area contributed by atoms with Gasteiger partial charge in [0.1, 0.15) is 17.5 Å². The number of hydrogen-bond acceptors (Lipinski definition) is 5. The predicted octanol–water partition coefficient (Wildman–Crippen LogP) is 2.74. The minimum absolute atomic E-state index is 0.513. The van der Waals surface area contributed by atoms with Crippen molar-refractivity contribution in [2.45, 2.75) is 19.9 Å².